The minimum atomic E-state index is -4.92. The molecule has 0 N–H and O–H groups in total. The number of fused-ring (bicyclic) bond motifs is 1. The second-order valence-corrected chi connectivity index (χ2v) is 13.3. The first-order valence-corrected chi connectivity index (χ1v) is 14.9. The SMILES string of the molecule is Fc1cc(F)c(F)[c]([Al]([c]2ccc(F)c3c(F)cc(F)cc23)[c]2c(F)c(F)c3c(F)c(F)c4c(F)c(F)c(F)c5c(F)c(F)c2c3c45)c1. The summed E-state index contributed by atoms with van der Waals surface area (Å²) in [4.78, 5) is 0. The largest absolute Gasteiger partial charge is 0.395 e. The third-order valence-electron chi connectivity index (χ3n) is 8.20. The van der Waals surface area contributed by atoms with Crippen LogP contribution in [0.2, 0.25) is 0 Å². The van der Waals surface area contributed by atoms with Crippen LogP contribution < -0.4 is 13.3 Å². The third-order valence-corrected chi connectivity index (χ3v) is 11.5. The Morgan fingerprint density at radius 3 is 1.35 bits per heavy atom. The highest BCUT2D eigenvalue weighted by Crippen LogP contribution is 2.44. The van der Waals surface area contributed by atoms with Crippen molar-refractivity contribution in [1.82, 2.24) is 0 Å². The van der Waals surface area contributed by atoms with Crippen LogP contribution in [0, 0.1) is 87.3 Å². The smallest absolute Gasteiger partial charge is 0.207 e. The van der Waals surface area contributed by atoms with Crippen LogP contribution in [-0.2, 0) is 0 Å². The average molecular weight is 702 g/mol. The zero-order chi connectivity index (χ0) is 34.8. The van der Waals surface area contributed by atoms with Crippen LogP contribution in [0.25, 0.3) is 43.1 Å². The van der Waals surface area contributed by atoms with Crippen LogP contribution in [-0.4, -0.2) is 14.1 Å². The van der Waals surface area contributed by atoms with E-state index in [9.17, 15) is 35.1 Å². The summed E-state index contributed by atoms with van der Waals surface area (Å²) in [6.07, 6.45) is 0. The summed E-state index contributed by atoms with van der Waals surface area (Å²) >= 11 is -4.92. The third kappa shape index (κ3) is 4.08. The first-order valence-electron chi connectivity index (χ1n) is 13.2. The fourth-order valence-electron chi connectivity index (χ4n) is 6.32. The molecule has 0 spiro atoms. The van der Waals surface area contributed by atoms with Crippen molar-refractivity contribution >= 4 is 70.5 Å². The molecule has 0 radical (unpaired) electrons. The Bertz CT molecular complexity index is 2560. The predicted molar refractivity (Wildman–Crippen MR) is 145 cm³/mol. The highest BCUT2D eigenvalue weighted by Gasteiger charge is 2.41. The van der Waals surface area contributed by atoms with Gasteiger partial charge in [-0.25, -0.2) is 65.9 Å². The molecule has 0 nitrogen and oxygen atoms in total. The van der Waals surface area contributed by atoms with Crippen LogP contribution in [0.15, 0.2) is 36.4 Å². The van der Waals surface area contributed by atoms with E-state index in [4.69, 9.17) is 0 Å². The maximum absolute atomic E-state index is 16.3. The van der Waals surface area contributed by atoms with Gasteiger partial charge in [-0.1, -0.05) is 19.3 Å². The van der Waals surface area contributed by atoms with Gasteiger partial charge in [0, 0.05) is 28.3 Å². The first-order chi connectivity index (χ1) is 22.6. The average Bonchev–Trinajstić information content (AvgIpc) is 3.02. The molecular weight excluding hydrogens is 696 g/mol. The van der Waals surface area contributed by atoms with Crippen LogP contribution in [0.3, 0.4) is 0 Å². The summed E-state index contributed by atoms with van der Waals surface area (Å²) < 4.78 is 224. The molecule has 16 heteroatoms. The summed E-state index contributed by atoms with van der Waals surface area (Å²) in [6.45, 7) is 0. The molecule has 0 amide bonds. The van der Waals surface area contributed by atoms with Crippen molar-refractivity contribution in [2.24, 2.45) is 0 Å². The Hall–Kier alpha value is -4.68. The second-order valence-electron chi connectivity index (χ2n) is 10.7. The van der Waals surface area contributed by atoms with Gasteiger partial charge in [0.15, 0.2) is 52.4 Å². The number of hydrogen-bond donors (Lipinski definition) is 0. The van der Waals surface area contributed by atoms with Gasteiger partial charge < -0.3 is 0 Å². The molecule has 0 aliphatic heterocycles. The molecule has 0 unspecified atom stereocenters. The minimum Gasteiger partial charge on any atom is -0.207 e. The van der Waals surface area contributed by atoms with Gasteiger partial charge in [0.1, 0.15) is 34.9 Å². The molecule has 7 aromatic carbocycles. The molecule has 0 saturated heterocycles. The van der Waals surface area contributed by atoms with Gasteiger partial charge in [-0.2, -0.15) is 0 Å². The molecule has 0 atom stereocenters. The summed E-state index contributed by atoms with van der Waals surface area (Å²) in [5.74, 6) is -32.6. The summed E-state index contributed by atoms with van der Waals surface area (Å²) in [5.41, 5.74) is 0. The summed E-state index contributed by atoms with van der Waals surface area (Å²) in [6, 6.07) is 1.77. The van der Waals surface area contributed by atoms with Crippen LogP contribution in [0.4, 0.5) is 65.9 Å². The highest BCUT2D eigenvalue weighted by molar-refractivity contribution is 6.98. The molecule has 242 valence electrons. The molecular formula is C32H6AlF15. The molecule has 0 aliphatic rings. The van der Waals surface area contributed by atoms with E-state index in [-0.39, 0.29) is 18.2 Å². The van der Waals surface area contributed by atoms with Crippen molar-refractivity contribution in [1.29, 1.82) is 0 Å². The monoisotopic (exact) mass is 702 g/mol. The van der Waals surface area contributed by atoms with Crippen LogP contribution >= 0.6 is 0 Å². The molecule has 0 fully saturated rings. The Kier molecular flexibility index (Phi) is 7.09. The van der Waals surface area contributed by atoms with Crippen molar-refractivity contribution < 1.29 is 65.9 Å². The molecule has 0 aromatic heterocycles. The maximum Gasteiger partial charge on any atom is 0.395 e. The molecule has 0 bridgehead atoms. The van der Waals surface area contributed by atoms with E-state index in [1.165, 1.54) is 0 Å². The van der Waals surface area contributed by atoms with E-state index in [2.05, 4.69) is 0 Å². The van der Waals surface area contributed by atoms with E-state index < -0.39 is 158 Å². The van der Waals surface area contributed by atoms with Gasteiger partial charge in [-0.15, -0.1) is 0 Å². The van der Waals surface area contributed by atoms with Gasteiger partial charge >= 0.3 is 14.1 Å². The Balaban J connectivity index is 1.82. The lowest BCUT2D eigenvalue weighted by Crippen LogP contribution is -2.56. The Labute approximate surface area is 259 Å². The van der Waals surface area contributed by atoms with Gasteiger partial charge in [-0.05, 0) is 23.6 Å². The minimum absolute atomic E-state index is 0.0219. The van der Waals surface area contributed by atoms with Crippen molar-refractivity contribution in [3.05, 3.63) is 124 Å². The zero-order valence-corrected chi connectivity index (χ0v) is 23.9. The van der Waals surface area contributed by atoms with E-state index in [0.29, 0.717) is 18.2 Å². The highest BCUT2D eigenvalue weighted by atomic mass is 27.2. The number of hydrogen-bond acceptors (Lipinski definition) is 0. The van der Waals surface area contributed by atoms with E-state index in [0.717, 1.165) is 0 Å². The van der Waals surface area contributed by atoms with Crippen LogP contribution in [0.1, 0.15) is 0 Å². The fourth-order valence-corrected chi connectivity index (χ4v) is 9.76. The second kappa shape index (κ2) is 10.7. The van der Waals surface area contributed by atoms with Gasteiger partial charge in [0.2, 0.25) is 0 Å². The van der Waals surface area contributed by atoms with Gasteiger partial charge in [-0.3, -0.25) is 0 Å². The Morgan fingerprint density at radius 1 is 0.312 bits per heavy atom. The van der Waals surface area contributed by atoms with Gasteiger partial charge in [0.05, 0.1) is 21.5 Å². The lowest BCUT2D eigenvalue weighted by atomic mass is 9.91. The summed E-state index contributed by atoms with van der Waals surface area (Å²) in [5, 5.41) is -12.4. The molecule has 0 heterocycles. The molecule has 48 heavy (non-hydrogen) atoms. The standard InChI is InChI=1S/C16F9.C10H4F3.C6H2F3.Al/c17-3-1-2-4-5-7(11(20)9(2)18)14(23)16(25)15(24)8(5)13(22)12(21)6(4)10(3)19;11-7-4-6-2-1-3-8(12)10(6)9(13)5-7;7-4-1-2-5(8)6(9)3-4;/h;1,3-5H;1,3H;. The van der Waals surface area contributed by atoms with E-state index in [1.54, 1.807) is 0 Å². The molecule has 7 rings (SSSR count). The topological polar surface area (TPSA) is 0 Å². The quantitative estimate of drug-likeness (QED) is 0.0572. The Morgan fingerprint density at radius 2 is 0.771 bits per heavy atom. The summed E-state index contributed by atoms with van der Waals surface area (Å²) in [7, 11) is 0. The number of rotatable bonds is 3. The van der Waals surface area contributed by atoms with Crippen molar-refractivity contribution in [3.8, 4) is 0 Å². The number of halogens is 15. The molecule has 0 saturated carbocycles. The fraction of sp³-hybridized carbons (Fsp3) is 0. The zero-order valence-electron chi connectivity index (χ0n) is 22.7. The first kappa shape index (κ1) is 31.9. The van der Waals surface area contributed by atoms with E-state index in [1.807, 2.05) is 0 Å². The van der Waals surface area contributed by atoms with E-state index >= 15 is 30.7 Å². The van der Waals surface area contributed by atoms with Crippen molar-refractivity contribution in [3.63, 3.8) is 0 Å². The van der Waals surface area contributed by atoms with Crippen LogP contribution in [0.5, 0.6) is 0 Å². The lowest BCUT2D eigenvalue weighted by molar-refractivity contribution is 0.448. The lowest BCUT2D eigenvalue weighted by Gasteiger charge is -2.24. The van der Waals surface area contributed by atoms with Crippen molar-refractivity contribution in [2.45, 2.75) is 0 Å². The van der Waals surface area contributed by atoms with Gasteiger partial charge in [0.25, 0.3) is 0 Å². The normalized spacial score (nSPS) is 12.1. The molecule has 0 aliphatic carbocycles. The number of benzene rings is 7. The maximum atomic E-state index is 16.3. The molecule has 7 aromatic rings. The predicted octanol–water partition coefficient (Wildman–Crippen LogP) is 8.34. The van der Waals surface area contributed by atoms with Crippen molar-refractivity contribution in [2.75, 3.05) is 0 Å².